The topological polar surface area (TPSA) is 109 Å². The van der Waals surface area contributed by atoms with Crippen molar-refractivity contribution in [2.45, 2.75) is 52.0 Å². The predicted octanol–water partition coefficient (Wildman–Crippen LogP) is 6.13. The molecule has 1 aliphatic heterocycles. The van der Waals surface area contributed by atoms with Gasteiger partial charge in [-0.1, -0.05) is 104 Å². The highest BCUT2D eigenvalue weighted by atomic mass is 16.7. The van der Waals surface area contributed by atoms with Crippen molar-refractivity contribution in [3.63, 3.8) is 0 Å². The second kappa shape index (κ2) is 17.0. The number of esters is 1. The van der Waals surface area contributed by atoms with Crippen molar-refractivity contribution in [2.24, 2.45) is 5.92 Å². The van der Waals surface area contributed by atoms with Crippen molar-refractivity contribution in [3.05, 3.63) is 131 Å². The molecule has 2 amide bonds. The maximum atomic E-state index is 12.1. The Morgan fingerprint density at radius 3 is 2.23 bits per heavy atom. The summed E-state index contributed by atoms with van der Waals surface area (Å²) in [5, 5.41) is 14.9. The lowest BCUT2D eigenvalue weighted by Gasteiger charge is -2.42. The van der Waals surface area contributed by atoms with Gasteiger partial charge >= 0.3 is 12.0 Å². The van der Waals surface area contributed by atoms with Crippen molar-refractivity contribution in [2.75, 3.05) is 26.7 Å². The fourth-order valence-corrected chi connectivity index (χ4v) is 5.90. The van der Waals surface area contributed by atoms with Gasteiger partial charge < -0.3 is 30.0 Å². The van der Waals surface area contributed by atoms with Gasteiger partial charge in [0, 0.05) is 31.1 Å². The zero-order chi connectivity index (χ0) is 33.9. The first-order valence-electron chi connectivity index (χ1n) is 16.4. The summed E-state index contributed by atoms with van der Waals surface area (Å²) in [6.07, 6.45) is -0.833. The fraction of sp³-hybridized carbons (Fsp3) is 0.333. The number of hydrogen-bond donors (Lipinski definition) is 3. The molecule has 0 aliphatic carbocycles. The van der Waals surface area contributed by atoms with E-state index in [2.05, 4.69) is 65.9 Å². The zero-order valence-corrected chi connectivity index (χ0v) is 27.8. The number of aliphatic hydroxyl groups is 1. The Morgan fingerprint density at radius 1 is 0.812 bits per heavy atom. The van der Waals surface area contributed by atoms with Crippen LogP contribution < -0.4 is 10.6 Å². The molecule has 1 heterocycles. The molecule has 4 aromatic carbocycles. The number of hydrogen-bond acceptors (Lipinski definition) is 7. The van der Waals surface area contributed by atoms with E-state index in [1.807, 2.05) is 66.7 Å². The molecule has 9 nitrogen and oxygen atoms in total. The van der Waals surface area contributed by atoms with E-state index in [1.165, 1.54) is 5.56 Å². The van der Waals surface area contributed by atoms with Crippen molar-refractivity contribution in [1.82, 2.24) is 15.5 Å². The molecular weight excluding hydrogens is 606 g/mol. The summed E-state index contributed by atoms with van der Waals surface area (Å²) >= 11 is 0. The minimum atomic E-state index is -0.559. The van der Waals surface area contributed by atoms with Crippen LogP contribution in [0.3, 0.4) is 0 Å². The molecule has 0 spiro atoms. The number of carbonyl (C=O) groups excluding carboxylic acids is 2. The lowest BCUT2D eigenvalue weighted by atomic mass is 9.90. The van der Waals surface area contributed by atoms with E-state index >= 15 is 0 Å². The number of nitrogens with one attached hydrogen (secondary N) is 2. The number of ether oxygens (including phenoxy) is 3. The van der Waals surface area contributed by atoms with Crippen LogP contribution in [0.25, 0.3) is 11.1 Å². The highest BCUT2D eigenvalue weighted by Gasteiger charge is 2.38. The molecule has 4 aromatic rings. The molecule has 4 atom stereocenters. The summed E-state index contributed by atoms with van der Waals surface area (Å²) in [6.45, 7) is 5.84. The van der Waals surface area contributed by atoms with Crippen molar-refractivity contribution in [1.29, 1.82) is 0 Å². The van der Waals surface area contributed by atoms with Crippen LogP contribution in [0.15, 0.2) is 103 Å². The van der Waals surface area contributed by atoms with Crippen LogP contribution in [-0.2, 0) is 38.7 Å². The summed E-state index contributed by atoms with van der Waals surface area (Å²) in [5.74, 6) is -0.392. The number of benzene rings is 4. The van der Waals surface area contributed by atoms with Crippen LogP contribution in [0.4, 0.5) is 4.79 Å². The number of urea groups is 1. The number of carbonyl (C=O) groups is 2. The highest BCUT2D eigenvalue weighted by Crippen LogP contribution is 2.42. The van der Waals surface area contributed by atoms with Gasteiger partial charge in [-0.2, -0.15) is 0 Å². The molecule has 1 saturated heterocycles. The SMILES string of the molecule is CCOC(=O)CNC(=O)NCc1cccc(-c2ccc([C@@H]3O[C@H](CN(C)Cc4ccccc4)[C@H](C)[C@H](c4ccc(CO)cc4)O3)cc2)c1. The van der Waals surface area contributed by atoms with Gasteiger partial charge in [-0.25, -0.2) is 4.79 Å². The summed E-state index contributed by atoms with van der Waals surface area (Å²) in [4.78, 5) is 25.9. The highest BCUT2D eigenvalue weighted by molar-refractivity contribution is 5.80. The smallest absolute Gasteiger partial charge is 0.325 e. The molecule has 0 unspecified atom stereocenters. The number of aliphatic hydroxyl groups excluding tert-OH is 1. The second-order valence-corrected chi connectivity index (χ2v) is 12.2. The number of rotatable bonds is 13. The normalized spacial score (nSPS) is 19.1. The first-order chi connectivity index (χ1) is 23.3. The quantitative estimate of drug-likeness (QED) is 0.149. The van der Waals surface area contributed by atoms with Gasteiger partial charge in [0.1, 0.15) is 6.54 Å². The Morgan fingerprint density at radius 2 is 1.52 bits per heavy atom. The molecule has 0 aromatic heterocycles. The Bertz CT molecular complexity index is 1610. The van der Waals surface area contributed by atoms with Crippen LogP contribution in [-0.4, -0.2) is 54.9 Å². The van der Waals surface area contributed by atoms with Crippen molar-refractivity contribution < 1.29 is 28.9 Å². The molecule has 0 saturated carbocycles. The molecule has 48 heavy (non-hydrogen) atoms. The molecular formula is C39H45N3O6. The molecule has 0 radical (unpaired) electrons. The molecule has 1 fully saturated rings. The van der Waals surface area contributed by atoms with E-state index in [9.17, 15) is 14.7 Å². The molecule has 3 N–H and O–H groups in total. The number of likely N-dealkylation sites (N-methyl/N-ethyl adjacent to an activating group) is 1. The summed E-state index contributed by atoms with van der Waals surface area (Å²) in [5.41, 5.74) is 7.05. The zero-order valence-electron chi connectivity index (χ0n) is 27.8. The van der Waals surface area contributed by atoms with Gasteiger partial charge in [0.2, 0.25) is 0 Å². The third kappa shape index (κ3) is 9.51. The van der Waals surface area contributed by atoms with Gasteiger partial charge in [0.05, 0.1) is 25.4 Å². The third-order valence-corrected chi connectivity index (χ3v) is 8.51. The monoisotopic (exact) mass is 651 g/mol. The van der Waals surface area contributed by atoms with Crippen molar-refractivity contribution >= 4 is 12.0 Å². The minimum absolute atomic E-state index is 0.00176. The van der Waals surface area contributed by atoms with E-state index in [0.29, 0.717) is 6.54 Å². The Labute approximate surface area is 282 Å². The van der Waals surface area contributed by atoms with E-state index in [-0.39, 0.29) is 37.9 Å². The van der Waals surface area contributed by atoms with Gasteiger partial charge in [0.15, 0.2) is 6.29 Å². The average Bonchev–Trinajstić information content (AvgIpc) is 3.11. The van der Waals surface area contributed by atoms with Gasteiger partial charge in [-0.3, -0.25) is 9.69 Å². The lowest BCUT2D eigenvalue weighted by molar-refractivity contribution is -0.276. The summed E-state index contributed by atoms with van der Waals surface area (Å²) < 4.78 is 18.2. The number of nitrogens with zero attached hydrogens (tertiary/aromatic N) is 1. The maximum absolute atomic E-state index is 12.1. The molecule has 5 rings (SSSR count). The minimum Gasteiger partial charge on any atom is -0.465 e. The molecule has 252 valence electrons. The summed E-state index contributed by atoms with van der Waals surface area (Å²) in [6, 6.07) is 34.1. The molecule has 1 aliphatic rings. The largest absolute Gasteiger partial charge is 0.465 e. The Balaban J connectivity index is 1.28. The van der Waals surface area contributed by atoms with Crippen LogP contribution >= 0.6 is 0 Å². The molecule has 9 heteroatoms. The van der Waals surface area contributed by atoms with E-state index in [0.717, 1.165) is 46.5 Å². The average molecular weight is 652 g/mol. The van der Waals surface area contributed by atoms with Crippen molar-refractivity contribution in [3.8, 4) is 11.1 Å². The second-order valence-electron chi connectivity index (χ2n) is 12.2. The summed E-state index contributed by atoms with van der Waals surface area (Å²) in [7, 11) is 2.12. The van der Waals surface area contributed by atoms with E-state index in [1.54, 1.807) is 6.92 Å². The van der Waals surface area contributed by atoms with Crippen LogP contribution in [0.1, 0.15) is 54.1 Å². The van der Waals surface area contributed by atoms with E-state index < -0.39 is 18.3 Å². The fourth-order valence-electron chi connectivity index (χ4n) is 5.90. The first kappa shape index (κ1) is 34.8. The van der Waals surface area contributed by atoms with Gasteiger partial charge in [-0.05, 0) is 53.4 Å². The Hall–Kier alpha value is -4.54. The standard InChI is InChI=1S/C39H45N3O6/c1-4-46-36(44)23-41-39(45)40-22-30-11-8-12-34(21-30)31-17-19-33(20-18-31)38-47-35(25-42(3)24-28-9-6-5-7-10-28)27(2)37(48-38)32-15-13-29(26-43)14-16-32/h5-21,27,35,37-38,43H,4,22-26H2,1-3H3,(H2,40,41,45)/t27-,35+,37+,38+/m0/s1. The van der Waals surface area contributed by atoms with Crippen LogP contribution in [0, 0.1) is 5.92 Å². The maximum Gasteiger partial charge on any atom is 0.325 e. The van der Waals surface area contributed by atoms with Gasteiger partial charge in [0.25, 0.3) is 0 Å². The lowest BCUT2D eigenvalue weighted by Crippen LogP contribution is -2.43. The van der Waals surface area contributed by atoms with Crippen LogP contribution in [0.5, 0.6) is 0 Å². The number of amides is 2. The van der Waals surface area contributed by atoms with Gasteiger partial charge in [-0.15, -0.1) is 0 Å². The first-order valence-corrected chi connectivity index (χ1v) is 16.4. The molecule has 0 bridgehead atoms. The van der Waals surface area contributed by atoms with E-state index in [4.69, 9.17) is 14.2 Å². The Kier molecular flexibility index (Phi) is 12.3. The predicted molar refractivity (Wildman–Crippen MR) is 184 cm³/mol. The van der Waals surface area contributed by atoms with Crippen LogP contribution in [0.2, 0.25) is 0 Å². The third-order valence-electron chi connectivity index (χ3n) is 8.51.